The molecule has 38 heavy (non-hydrogen) atoms. The summed E-state index contributed by atoms with van der Waals surface area (Å²) >= 11 is 0. The quantitative estimate of drug-likeness (QED) is 0.366. The predicted molar refractivity (Wildman–Crippen MR) is 144 cm³/mol. The largest absolute Gasteiger partial charge is 0.389 e. The monoisotopic (exact) mass is 527 g/mol. The number of carbonyl (C=O) groups is 1. The van der Waals surface area contributed by atoms with E-state index in [1.54, 1.807) is 0 Å². The van der Waals surface area contributed by atoms with Gasteiger partial charge in [0.25, 0.3) is 5.91 Å². The predicted octanol–water partition coefficient (Wildman–Crippen LogP) is 7.14. The zero-order chi connectivity index (χ0) is 26.6. The van der Waals surface area contributed by atoms with Gasteiger partial charge in [-0.05, 0) is 106 Å². The second-order valence-corrected chi connectivity index (χ2v) is 11.9. The fourth-order valence-corrected chi connectivity index (χ4v) is 6.58. The van der Waals surface area contributed by atoms with Crippen molar-refractivity contribution in [1.29, 1.82) is 0 Å². The van der Waals surface area contributed by atoms with Gasteiger partial charge in [0.2, 0.25) is 0 Å². The van der Waals surface area contributed by atoms with E-state index in [9.17, 15) is 18.0 Å². The minimum atomic E-state index is -4.06. The molecule has 4 nitrogen and oxygen atoms in total. The highest BCUT2D eigenvalue weighted by Gasteiger charge is 2.47. The first-order chi connectivity index (χ1) is 18.3. The zero-order valence-electron chi connectivity index (χ0n) is 22.3. The van der Waals surface area contributed by atoms with E-state index in [0.717, 1.165) is 106 Å². The number of benzene rings is 1. The molecule has 1 aliphatic carbocycles. The van der Waals surface area contributed by atoms with Crippen molar-refractivity contribution in [2.75, 3.05) is 32.7 Å². The van der Waals surface area contributed by atoms with Crippen molar-refractivity contribution in [3.05, 3.63) is 53.9 Å². The van der Waals surface area contributed by atoms with Gasteiger partial charge in [-0.25, -0.2) is 0 Å². The molecule has 1 amide bonds. The molecule has 0 N–H and O–H groups in total. The maximum absolute atomic E-state index is 13.0. The van der Waals surface area contributed by atoms with Crippen molar-refractivity contribution >= 4 is 5.91 Å². The summed E-state index contributed by atoms with van der Waals surface area (Å²) in [6, 6.07) is 12.0. The van der Waals surface area contributed by atoms with E-state index in [0.29, 0.717) is 12.5 Å². The highest BCUT2D eigenvalue weighted by molar-refractivity contribution is 5.94. The van der Waals surface area contributed by atoms with Crippen LogP contribution in [-0.4, -0.2) is 59.6 Å². The van der Waals surface area contributed by atoms with Crippen molar-refractivity contribution in [3.63, 3.8) is 0 Å². The maximum atomic E-state index is 13.0. The lowest BCUT2D eigenvalue weighted by Crippen LogP contribution is -2.47. The summed E-state index contributed by atoms with van der Waals surface area (Å²) in [5, 5.41) is 0. The fraction of sp³-hybridized carbons (Fsp3) is 0.613. The third-order valence-electron chi connectivity index (χ3n) is 9.00. The highest BCUT2D eigenvalue weighted by atomic mass is 19.4. The number of nitrogens with zero attached hydrogens (tertiary/aromatic N) is 3. The third-order valence-corrected chi connectivity index (χ3v) is 9.00. The summed E-state index contributed by atoms with van der Waals surface area (Å²) in [6.45, 7) is 4.14. The van der Waals surface area contributed by atoms with Gasteiger partial charge in [-0.15, -0.1) is 0 Å². The molecular formula is C31H40F3N3O. The van der Waals surface area contributed by atoms with Crippen LogP contribution >= 0.6 is 0 Å². The van der Waals surface area contributed by atoms with Crippen LogP contribution in [0, 0.1) is 11.3 Å². The topological polar surface area (TPSA) is 36.4 Å². The molecule has 2 aliphatic heterocycles. The van der Waals surface area contributed by atoms with E-state index in [4.69, 9.17) is 4.98 Å². The number of likely N-dealkylation sites (tertiary alicyclic amines) is 2. The normalized spacial score (nSPS) is 20.8. The molecule has 0 spiro atoms. The summed E-state index contributed by atoms with van der Waals surface area (Å²) in [6.07, 6.45) is 7.10. The van der Waals surface area contributed by atoms with Gasteiger partial charge in [0.1, 0.15) is 0 Å². The molecule has 7 heteroatoms. The average molecular weight is 528 g/mol. The van der Waals surface area contributed by atoms with Gasteiger partial charge in [0.15, 0.2) is 0 Å². The van der Waals surface area contributed by atoms with Crippen molar-refractivity contribution in [3.8, 4) is 11.1 Å². The molecule has 0 bridgehead atoms. The Hall–Kier alpha value is -2.41. The summed E-state index contributed by atoms with van der Waals surface area (Å²) in [5.41, 5.74) is 3.39. The highest BCUT2D eigenvalue weighted by Crippen LogP contribution is 2.49. The second-order valence-electron chi connectivity index (χ2n) is 11.9. The fourth-order valence-electron chi connectivity index (χ4n) is 6.58. The number of aromatic nitrogens is 1. The molecule has 1 saturated carbocycles. The Labute approximate surface area is 224 Å². The van der Waals surface area contributed by atoms with Crippen molar-refractivity contribution in [2.24, 2.45) is 11.3 Å². The van der Waals surface area contributed by atoms with Crippen LogP contribution in [0.4, 0.5) is 13.2 Å². The van der Waals surface area contributed by atoms with E-state index in [-0.39, 0.29) is 5.91 Å². The number of pyridine rings is 1. The first-order valence-electron chi connectivity index (χ1n) is 14.4. The molecule has 0 unspecified atom stereocenters. The minimum absolute atomic E-state index is 0.124. The summed E-state index contributed by atoms with van der Waals surface area (Å²) in [4.78, 5) is 21.6. The van der Waals surface area contributed by atoms with Crippen LogP contribution in [0.25, 0.3) is 11.1 Å². The Morgan fingerprint density at radius 1 is 0.895 bits per heavy atom. The van der Waals surface area contributed by atoms with Crippen LogP contribution in [-0.2, 0) is 6.42 Å². The van der Waals surface area contributed by atoms with Crippen LogP contribution in [0.3, 0.4) is 0 Å². The van der Waals surface area contributed by atoms with Gasteiger partial charge >= 0.3 is 6.18 Å². The SMILES string of the molecule is O=C(c1ccc(-c2ccc(CCC3CCN(CC4(CC(F)(F)F)CCC4)CC3)nc2)cc1)N1CCCCC1. The number of piperidine rings is 2. The van der Waals surface area contributed by atoms with Crippen molar-refractivity contribution in [1.82, 2.24) is 14.8 Å². The summed E-state index contributed by atoms with van der Waals surface area (Å²) < 4.78 is 39.1. The van der Waals surface area contributed by atoms with E-state index < -0.39 is 18.0 Å². The lowest BCUT2D eigenvalue weighted by Gasteiger charge is -2.47. The number of amides is 1. The van der Waals surface area contributed by atoms with Crippen molar-refractivity contribution in [2.45, 2.75) is 76.8 Å². The first-order valence-corrected chi connectivity index (χ1v) is 14.4. The Kier molecular flexibility index (Phi) is 8.41. The number of halogens is 3. The molecule has 5 rings (SSSR count). The molecule has 3 fully saturated rings. The van der Waals surface area contributed by atoms with Gasteiger partial charge in [-0.2, -0.15) is 13.2 Å². The van der Waals surface area contributed by atoms with E-state index >= 15 is 0 Å². The number of hydrogen-bond donors (Lipinski definition) is 0. The van der Waals surface area contributed by atoms with Crippen LogP contribution in [0.15, 0.2) is 42.6 Å². The zero-order valence-corrected chi connectivity index (χ0v) is 22.3. The third kappa shape index (κ3) is 6.96. The van der Waals surface area contributed by atoms with Gasteiger partial charge in [0, 0.05) is 42.7 Å². The minimum Gasteiger partial charge on any atom is -0.339 e. The van der Waals surface area contributed by atoms with Gasteiger partial charge in [-0.3, -0.25) is 9.78 Å². The van der Waals surface area contributed by atoms with Gasteiger partial charge < -0.3 is 9.80 Å². The molecule has 206 valence electrons. The second kappa shape index (κ2) is 11.8. The Morgan fingerprint density at radius 3 is 2.16 bits per heavy atom. The molecule has 3 heterocycles. The van der Waals surface area contributed by atoms with Crippen LogP contribution in [0.2, 0.25) is 0 Å². The van der Waals surface area contributed by atoms with Crippen molar-refractivity contribution < 1.29 is 18.0 Å². The first kappa shape index (κ1) is 27.2. The summed E-state index contributed by atoms with van der Waals surface area (Å²) in [7, 11) is 0. The van der Waals surface area contributed by atoms with Crippen LogP contribution in [0.5, 0.6) is 0 Å². The lowest BCUT2D eigenvalue weighted by atomic mass is 9.66. The Balaban J connectivity index is 1.07. The molecule has 0 atom stereocenters. The smallest absolute Gasteiger partial charge is 0.339 e. The number of carbonyl (C=O) groups excluding carboxylic acids is 1. The number of aryl methyl sites for hydroxylation is 1. The lowest BCUT2D eigenvalue weighted by molar-refractivity contribution is -0.173. The molecule has 3 aliphatic rings. The molecule has 2 aromatic rings. The molecule has 1 aromatic carbocycles. The van der Waals surface area contributed by atoms with Crippen LogP contribution in [0.1, 0.15) is 80.3 Å². The van der Waals surface area contributed by atoms with E-state index in [1.165, 1.54) is 6.42 Å². The molecule has 1 aromatic heterocycles. The Bertz CT molecular complexity index is 1050. The van der Waals surface area contributed by atoms with Crippen LogP contribution < -0.4 is 0 Å². The molecule has 2 saturated heterocycles. The number of rotatable bonds is 8. The average Bonchev–Trinajstić information content (AvgIpc) is 2.91. The van der Waals surface area contributed by atoms with Gasteiger partial charge in [0.05, 0.1) is 6.42 Å². The van der Waals surface area contributed by atoms with Gasteiger partial charge in [-0.1, -0.05) is 24.6 Å². The standard InChI is InChI=1S/C31H40F3N3O/c32-31(33,34)22-30(15-4-16-30)23-36-19-13-24(14-20-36)5-11-28-12-10-27(21-35-28)25-6-8-26(9-7-25)29(38)37-17-2-1-3-18-37/h6-10,12,21,24H,1-5,11,13-20,22-23H2. The van der Waals surface area contributed by atoms with E-state index in [1.807, 2.05) is 35.4 Å². The maximum Gasteiger partial charge on any atom is 0.389 e. The Morgan fingerprint density at radius 2 is 1.58 bits per heavy atom. The summed E-state index contributed by atoms with van der Waals surface area (Å²) in [5.74, 6) is 0.733. The molecule has 0 radical (unpaired) electrons. The number of alkyl halides is 3. The number of hydrogen-bond acceptors (Lipinski definition) is 3. The van der Waals surface area contributed by atoms with E-state index in [2.05, 4.69) is 17.0 Å². The molecular weight excluding hydrogens is 487 g/mol.